The number of hydrogen-bond acceptors (Lipinski definition) is 2. The van der Waals surface area contributed by atoms with Crippen molar-refractivity contribution in [3.8, 4) is 0 Å². The summed E-state index contributed by atoms with van der Waals surface area (Å²) in [5.41, 5.74) is 1.19. The van der Waals surface area contributed by atoms with Crippen LogP contribution < -0.4 is 0 Å². The molecule has 0 heterocycles. The van der Waals surface area contributed by atoms with Crippen molar-refractivity contribution in [3.63, 3.8) is 0 Å². The quantitative estimate of drug-likeness (QED) is 0.718. The zero-order valence-electron chi connectivity index (χ0n) is 15.3. The van der Waals surface area contributed by atoms with E-state index in [0.717, 1.165) is 23.2 Å². The maximum atomic E-state index is 9.60. The van der Waals surface area contributed by atoms with Crippen molar-refractivity contribution in [2.45, 2.75) is 65.7 Å². The molecule has 0 aromatic heterocycles. The monoisotopic (exact) mass is 336 g/mol. The van der Waals surface area contributed by atoms with E-state index in [4.69, 9.17) is 10.2 Å². The Bertz CT molecular complexity index is 420. The summed E-state index contributed by atoms with van der Waals surface area (Å²) in [5.74, 6) is 1.58. The van der Waals surface area contributed by atoms with Gasteiger partial charge in [0.15, 0.2) is 0 Å². The molecule has 2 N–H and O–H groups in total. The maximum Gasteiger partial charge on any atom is 0.330 e. The van der Waals surface area contributed by atoms with Gasteiger partial charge in [-0.2, -0.15) is 0 Å². The van der Waals surface area contributed by atoms with Crippen LogP contribution in [0.25, 0.3) is 0 Å². The molecule has 0 aliphatic heterocycles. The van der Waals surface area contributed by atoms with Gasteiger partial charge in [-0.3, -0.25) is 0 Å². The van der Waals surface area contributed by atoms with Crippen molar-refractivity contribution in [2.75, 3.05) is 0 Å². The fourth-order valence-electron chi connectivity index (χ4n) is 4.72. The minimum Gasteiger partial charge on any atom is -0.478 e. The molecule has 0 spiro atoms. The van der Waals surface area contributed by atoms with Crippen LogP contribution in [0.2, 0.25) is 0 Å². The van der Waals surface area contributed by atoms with Gasteiger partial charge in [-0.1, -0.05) is 26.5 Å². The minimum absolute atomic E-state index is 0.176. The predicted molar refractivity (Wildman–Crippen MR) is 95.8 cm³/mol. The third kappa shape index (κ3) is 5.81. The SMILES string of the molecule is C=C(C)C(=O)O.C=C(C)C(=O)O.CCC12CC3CC(CC(C3)C1)C2. The molecule has 0 amide bonds. The van der Waals surface area contributed by atoms with Gasteiger partial charge in [0.05, 0.1) is 0 Å². The molecule has 4 fully saturated rings. The zero-order valence-corrected chi connectivity index (χ0v) is 15.3. The average molecular weight is 336 g/mol. The molecule has 24 heavy (non-hydrogen) atoms. The molecular formula is C20H32O4. The van der Waals surface area contributed by atoms with Crippen molar-refractivity contribution < 1.29 is 19.8 Å². The second-order valence-electron chi connectivity index (χ2n) is 7.94. The second-order valence-corrected chi connectivity index (χ2v) is 7.94. The Kier molecular flexibility index (Phi) is 7.25. The van der Waals surface area contributed by atoms with Crippen molar-refractivity contribution in [1.82, 2.24) is 0 Å². The second kappa shape index (κ2) is 8.50. The standard InChI is InChI=1S/C12H20.2C4H6O2/c1-2-12-6-9-3-10(7-12)5-11(4-9)8-12;2*1-3(2)4(5)6/h9-11H,2-8H2,1H3;2*1H2,2H3,(H,5,6). The van der Waals surface area contributed by atoms with Gasteiger partial charge >= 0.3 is 11.9 Å². The first-order valence-electron chi connectivity index (χ1n) is 8.86. The van der Waals surface area contributed by atoms with Crippen LogP contribution in [0.3, 0.4) is 0 Å². The van der Waals surface area contributed by atoms with Crippen molar-refractivity contribution in [2.24, 2.45) is 23.2 Å². The van der Waals surface area contributed by atoms with E-state index in [1.165, 1.54) is 20.3 Å². The highest BCUT2D eigenvalue weighted by molar-refractivity contribution is 5.85. The third-order valence-electron chi connectivity index (χ3n) is 5.65. The van der Waals surface area contributed by atoms with Gasteiger partial charge in [0, 0.05) is 11.1 Å². The van der Waals surface area contributed by atoms with E-state index in [1.807, 2.05) is 0 Å². The van der Waals surface area contributed by atoms with Crippen LogP contribution in [0.5, 0.6) is 0 Å². The lowest BCUT2D eigenvalue weighted by Gasteiger charge is -2.56. The van der Waals surface area contributed by atoms with Crippen LogP contribution in [0.15, 0.2) is 24.3 Å². The summed E-state index contributed by atoms with van der Waals surface area (Å²) in [4.78, 5) is 19.2. The molecule has 0 saturated heterocycles. The van der Waals surface area contributed by atoms with Crippen LogP contribution in [-0.2, 0) is 9.59 Å². The third-order valence-corrected chi connectivity index (χ3v) is 5.65. The normalized spacial score (nSPS) is 31.9. The molecule has 0 atom stereocenters. The van der Waals surface area contributed by atoms with E-state index < -0.39 is 11.9 Å². The first-order valence-corrected chi connectivity index (χ1v) is 8.86. The Balaban J connectivity index is 0.000000207. The first-order chi connectivity index (χ1) is 11.1. The van der Waals surface area contributed by atoms with E-state index in [-0.39, 0.29) is 11.1 Å². The molecule has 4 rings (SSSR count). The fourth-order valence-corrected chi connectivity index (χ4v) is 4.72. The lowest BCUT2D eigenvalue weighted by molar-refractivity contribution is -0.133. The smallest absolute Gasteiger partial charge is 0.330 e. The summed E-state index contributed by atoms with van der Waals surface area (Å²) in [5, 5.41) is 15.8. The van der Waals surface area contributed by atoms with Gasteiger partial charge in [-0.25, -0.2) is 9.59 Å². The Morgan fingerprint density at radius 3 is 1.29 bits per heavy atom. The molecule has 4 bridgehead atoms. The summed E-state index contributed by atoms with van der Waals surface area (Å²) in [6, 6.07) is 0. The highest BCUT2D eigenvalue weighted by Crippen LogP contribution is 2.61. The highest BCUT2D eigenvalue weighted by atomic mass is 16.4. The largest absolute Gasteiger partial charge is 0.478 e. The van der Waals surface area contributed by atoms with E-state index in [0.29, 0.717) is 0 Å². The van der Waals surface area contributed by atoms with Crippen molar-refractivity contribution >= 4 is 11.9 Å². The highest BCUT2D eigenvalue weighted by Gasteiger charge is 2.49. The lowest BCUT2D eigenvalue weighted by atomic mass is 9.49. The number of hydrogen-bond donors (Lipinski definition) is 2. The van der Waals surface area contributed by atoms with Crippen LogP contribution in [-0.4, -0.2) is 22.2 Å². The maximum absolute atomic E-state index is 9.60. The Morgan fingerprint density at radius 1 is 0.875 bits per heavy atom. The molecule has 4 nitrogen and oxygen atoms in total. The molecule has 4 heteroatoms. The van der Waals surface area contributed by atoms with Crippen LogP contribution in [0.1, 0.15) is 65.7 Å². The Labute approximate surface area is 145 Å². The molecule has 136 valence electrons. The predicted octanol–water partition coefficient (Wildman–Crippen LogP) is 4.91. The van der Waals surface area contributed by atoms with E-state index >= 15 is 0 Å². The molecule has 0 aromatic rings. The van der Waals surface area contributed by atoms with E-state index in [2.05, 4.69) is 20.1 Å². The fraction of sp³-hybridized carbons (Fsp3) is 0.700. The van der Waals surface area contributed by atoms with Crippen LogP contribution in [0, 0.1) is 23.2 Å². The van der Waals surface area contributed by atoms with E-state index in [1.54, 1.807) is 38.5 Å². The molecule has 4 saturated carbocycles. The molecular weight excluding hydrogens is 304 g/mol. The number of aliphatic carboxylic acids is 2. The summed E-state index contributed by atoms with van der Waals surface area (Å²) in [7, 11) is 0. The molecule has 4 aliphatic carbocycles. The summed E-state index contributed by atoms with van der Waals surface area (Å²) in [6.07, 6.45) is 11.0. The number of carbonyl (C=O) groups is 2. The summed E-state index contributed by atoms with van der Waals surface area (Å²) in [6.45, 7) is 11.6. The van der Waals surface area contributed by atoms with E-state index in [9.17, 15) is 9.59 Å². The lowest BCUT2D eigenvalue weighted by Crippen LogP contribution is -2.45. The minimum atomic E-state index is -0.935. The number of carboxylic acids is 2. The zero-order chi connectivity index (χ0) is 18.5. The Hall–Kier alpha value is -1.58. The van der Waals surface area contributed by atoms with Crippen molar-refractivity contribution in [3.05, 3.63) is 24.3 Å². The van der Waals surface area contributed by atoms with Gasteiger partial charge in [0.25, 0.3) is 0 Å². The summed E-state index contributed by atoms with van der Waals surface area (Å²) >= 11 is 0. The van der Waals surface area contributed by atoms with Gasteiger partial charge in [-0.15, -0.1) is 0 Å². The molecule has 0 unspecified atom stereocenters. The molecule has 4 aliphatic rings. The molecule has 0 aromatic carbocycles. The van der Waals surface area contributed by atoms with Gasteiger partial charge < -0.3 is 10.2 Å². The van der Waals surface area contributed by atoms with Gasteiger partial charge in [0.1, 0.15) is 0 Å². The van der Waals surface area contributed by atoms with Crippen molar-refractivity contribution in [1.29, 1.82) is 0 Å². The Morgan fingerprint density at radius 2 is 1.12 bits per heavy atom. The number of carboxylic acid groups (broad SMARTS) is 2. The van der Waals surface area contributed by atoms with Crippen LogP contribution in [0.4, 0.5) is 0 Å². The van der Waals surface area contributed by atoms with Gasteiger partial charge in [0.2, 0.25) is 0 Å². The van der Waals surface area contributed by atoms with Crippen LogP contribution >= 0.6 is 0 Å². The molecule has 0 radical (unpaired) electrons. The van der Waals surface area contributed by atoms with Gasteiger partial charge in [-0.05, 0) is 75.5 Å². The summed E-state index contributed by atoms with van der Waals surface area (Å²) < 4.78 is 0. The number of rotatable bonds is 3. The first kappa shape index (κ1) is 20.5. The average Bonchev–Trinajstić information content (AvgIpc) is 2.47. The topological polar surface area (TPSA) is 74.6 Å².